The third-order valence-electron chi connectivity index (χ3n) is 6.81. The van der Waals surface area contributed by atoms with E-state index in [1.54, 1.807) is 6.07 Å². The highest BCUT2D eigenvalue weighted by Crippen LogP contribution is 2.42. The number of pyridine rings is 1. The molecule has 0 radical (unpaired) electrons. The number of carbonyl (C=O) groups is 1. The van der Waals surface area contributed by atoms with Crippen molar-refractivity contribution in [1.29, 1.82) is 0 Å². The Morgan fingerprint density at radius 1 is 1.00 bits per heavy atom. The highest BCUT2D eigenvalue weighted by molar-refractivity contribution is 5.96. The molecule has 1 fully saturated rings. The molecule has 2 aliphatic rings. The Kier molecular flexibility index (Phi) is 4.93. The van der Waals surface area contributed by atoms with Crippen LogP contribution in [0.3, 0.4) is 0 Å². The Morgan fingerprint density at radius 3 is 2.48 bits per heavy atom. The number of aryl methyl sites for hydroxylation is 2. The lowest BCUT2D eigenvalue weighted by molar-refractivity contribution is 0.0526. The third-order valence-corrected chi connectivity index (χ3v) is 6.81. The molecule has 5 rings (SSSR count). The quantitative estimate of drug-likeness (QED) is 0.660. The minimum atomic E-state index is -0.00418. The van der Waals surface area contributed by atoms with Gasteiger partial charge in [-0.15, -0.1) is 0 Å². The van der Waals surface area contributed by atoms with E-state index in [-0.39, 0.29) is 29.3 Å². The van der Waals surface area contributed by atoms with Crippen molar-refractivity contribution in [3.8, 4) is 0 Å². The van der Waals surface area contributed by atoms with Crippen molar-refractivity contribution in [2.24, 2.45) is 5.92 Å². The second-order valence-corrected chi connectivity index (χ2v) is 8.74. The van der Waals surface area contributed by atoms with Crippen LogP contribution in [0.25, 0.3) is 0 Å². The summed E-state index contributed by atoms with van der Waals surface area (Å²) < 4.78 is 2.00. The molecule has 0 aliphatic carbocycles. The van der Waals surface area contributed by atoms with Gasteiger partial charge in [-0.3, -0.25) is 9.59 Å². The lowest BCUT2D eigenvalue weighted by Gasteiger charge is -2.47. The van der Waals surface area contributed by atoms with Crippen LogP contribution in [0.5, 0.6) is 0 Å². The van der Waals surface area contributed by atoms with Crippen LogP contribution in [0.15, 0.2) is 59.7 Å². The van der Waals surface area contributed by atoms with E-state index in [0.717, 1.165) is 18.5 Å². The maximum atomic E-state index is 13.5. The number of carbonyl (C=O) groups excluding carboxylic acids is 1. The first kappa shape index (κ1) is 19.7. The van der Waals surface area contributed by atoms with Gasteiger partial charge in [0.15, 0.2) is 0 Å². The lowest BCUT2D eigenvalue weighted by atomic mass is 9.76. The van der Waals surface area contributed by atoms with Crippen LogP contribution in [-0.2, 0) is 6.42 Å². The number of amides is 1. The van der Waals surface area contributed by atoms with E-state index in [1.165, 1.54) is 11.9 Å². The molecule has 3 aromatic rings. The van der Waals surface area contributed by atoms with E-state index in [9.17, 15) is 9.59 Å². The maximum absolute atomic E-state index is 13.5. The van der Waals surface area contributed by atoms with Crippen molar-refractivity contribution < 1.29 is 4.79 Å². The SMILES string of the molecule is Cc1ncnc(C)c1C(=O)N1C[C@H]2C[C@@H](C1)[C@H](Cc1ccccc1)n1c2cccc1=O. The highest BCUT2D eigenvalue weighted by Gasteiger charge is 2.42. The van der Waals surface area contributed by atoms with Gasteiger partial charge < -0.3 is 9.47 Å². The summed E-state index contributed by atoms with van der Waals surface area (Å²) in [6.07, 6.45) is 3.28. The van der Waals surface area contributed by atoms with Crippen molar-refractivity contribution in [3.63, 3.8) is 0 Å². The van der Waals surface area contributed by atoms with E-state index < -0.39 is 0 Å². The second-order valence-electron chi connectivity index (χ2n) is 8.74. The van der Waals surface area contributed by atoms with Crippen molar-refractivity contribution in [1.82, 2.24) is 19.4 Å². The van der Waals surface area contributed by atoms with E-state index in [4.69, 9.17) is 0 Å². The number of rotatable bonds is 3. The molecule has 0 N–H and O–H groups in total. The Hall–Kier alpha value is -3.28. The van der Waals surface area contributed by atoms with Crippen molar-refractivity contribution in [2.45, 2.75) is 38.6 Å². The van der Waals surface area contributed by atoms with Crippen molar-refractivity contribution in [3.05, 3.63) is 93.4 Å². The standard InChI is InChI=1S/C25H26N4O2/c1-16-24(17(2)27-15-26-16)25(31)28-13-19-12-20(14-28)22(11-18-7-4-3-5-8-18)29-21(19)9-6-10-23(29)30/h3-10,15,19-20,22H,11-14H2,1-2H3/t19-,20+,22+/m1/s1. The molecule has 2 aromatic heterocycles. The van der Waals surface area contributed by atoms with Gasteiger partial charge in [0.25, 0.3) is 11.5 Å². The molecule has 0 spiro atoms. The Bertz CT molecular complexity index is 1170. The van der Waals surface area contributed by atoms with E-state index in [1.807, 2.05) is 47.6 Å². The van der Waals surface area contributed by atoms with Gasteiger partial charge in [0.05, 0.1) is 17.0 Å². The van der Waals surface area contributed by atoms with Crippen LogP contribution in [0.2, 0.25) is 0 Å². The minimum Gasteiger partial charge on any atom is -0.338 e. The molecule has 2 bridgehead atoms. The van der Waals surface area contributed by atoms with Crippen LogP contribution >= 0.6 is 0 Å². The third kappa shape index (κ3) is 3.46. The summed E-state index contributed by atoms with van der Waals surface area (Å²) in [5, 5.41) is 0. The van der Waals surface area contributed by atoms with Gasteiger partial charge >= 0.3 is 0 Å². The zero-order valence-corrected chi connectivity index (χ0v) is 17.9. The number of nitrogens with zero attached hydrogens (tertiary/aromatic N) is 4. The van der Waals surface area contributed by atoms with Crippen LogP contribution in [0, 0.1) is 19.8 Å². The van der Waals surface area contributed by atoms with E-state index >= 15 is 0 Å². The summed E-state index contributed by atoms with van der Waals surface area (Å²) >= 11 is 0. The first-order valence-corrected chi connectivity index (χ1v) is 10.9. The summed E-state index contributed by atoms with van der Waals surface area (Å²) in [7, 11) is 0. The Morgan fingerprint density at radius 2 is 1.74 bits per heavy atom. The molecular formula is C25H26N4O2. The highest BCUT2D eigenvalue weighted by atomic mass is 16.2. The van der Waals surface area contributed by atoms with Crippen LogP contribution < -0.4 is 5.56 Å². The molecular weight excluding hydrogens is 388 g/mol. The smallest absolute Gasteiger partial charge is 0.257 e. The molecule has 3 atom stereocenters. The maximum Gasteiger partial charge on any atom is 0.257 e. The average Bonchev–Trinajstić information content (AvgIpc) is 2.77. The van der Waals surface area contributed by atoms with Crippen LogP contribution in [-0.4, -0.2) is 38.4 Å². The molecule has 158 valence electrons. The molecule has 0 saturated carbocycles. The van der Waals surface area contributed by atoms with Gasteiger partial charge in [0, 0.05) is 36.8 Å². The number of piperidine rings is 1. The molecule has 1 amide bonds. The molecule has 4 heterocycles. The predicted octanol–water partition coefficient (Wildman–Crippen LogP) is 3.30. The first-order valence-electron chi connectivity index (χ1n) is 10.9. The summed E-state index contributed by atoms with van der Waals surface area (Å²) in [5.41, 5.74) is 4.33. The topological polar surface area (TPSA) is 68.1 Å². The molecule has 1 aromatic carbocycles. The fraction of sp³-hybridized carbons (Fsp3) is 0.360. The zero-order valence-electron chi connectivity index (χ0n) is 17.9. The number of benzene rings is 1. The monoisotopic (exact) mass is 414 g/mol. The number of aromatic nitrogens is 3. The zero-order chi connectivity index (χ0) is 21.5. The van der Waals surface area contributed by atoms with Gasteiger partial charge in [-0.05, 0) is 44.2 Å². The molecule has 2 aliphatic heterocycles. The Balaban J connectivity index is 1.53. The minimum absolute atomic E-state index is 0.00418. The van der Waals surface area contributed by atoms with E-state index in [2.05, 4.69) is 28.2 Å². The number of fused-ring (bicyclic) bond motifs is 4. The summed E-state index contributed by atoms with van der Waals surface area (Å²) in [6.45, 7) is 4.98. The molecule has 6 heteroatoms. The van der Waals surface area contributed by atoms with Crippen molar-refractivity contribution >= 4 is 5.91 Å². The van der Waals surface area contributed by atoms with Gasteiger partial charge in [-0.2, -0.15) is 0 Å². The van der Waals surface area contributed by atoms with Gasteiger partial charge in [-0.25, -0.2) is 9.97 Å². The summed E-state index contributed by atoms with van der Waals surface area (Å²) in [4.78, 5) is 36.8. The molecule has 0 unspecified atom stereocenters. The fourth-order valence-corrected chi connectivity index (χ4v) is 5.39. The van der Waals surface area contributed by atoms with Crippen LogP contribution in [0.4, 0.5) is 0 Å². The number of hydrogen-bond donors (Lipinski definition) is 0. The largest absolute Gasteiger partial charge is 0.338 e. The van der Waals surface area contributed by atoms with Gasteiger partial charge in [0.2, 0.25) is 0 Å². The second kappa shape index (κ2) is 7.76. The van der Waals surface area contributed by atoms with Crippen molar-refractivity contribution in [2.75, 3.05) is 13.1 Å². The van der Waals surface area contributed by atoms with Crippen LogP contribution in [0.1, 0.15) is 51.4 Å². The molecule has 1 saturated heterocycles. The summed E-state index contributed by atoms with van der Waals surface area (Å²) in [6, 6.07) is 15.9. The number of likely N-dealkylation sites (tertiary alicyclic amines) is 1. The fourth-order valence-electron chi connectivity index (χ4n) is 5.39. The average molecular weight is 415 g/mol. The van der Waals surface area contributed by atoms with E-state index in [0.29, 0.717) is 30.0 Å². The first-order chi connectivity index (χ1) is 15.0. The van der Waals surface area contributed by atoms with Gasteiger partial charge in [-0.1, -0.05) is 36.4 Å². The molecule has 31 heavy (non-hydrogen) atoms. The van der Waals surface area contributed by atoms with Gasteiger partial charge in [0.1, 0.15) is 6.33 Å². The summed E-state index contributed by atoms with van der Waals surface area (Å²) in [5.74, 6) is 0.380. The predicted molar refractivity (Wildman–Crippen MR) is 118 cm³/mol. The molecule has 6 nitrogen and oxygen atoms in total. The normalized spacial score (nSPS) is 22.1. The number of hydrogen-bond acceptors (Lipinski definition) is 4. The Labute approximate surface area is 181 Å². The lowest BCUT2D eigenvalue weighted by Crippen LogP contribution is -2.51.